The van der Waals surface area contributed by atoms with Crippen LogP contribution in [0.2, 0.25) is 0 Å². The maximum atomic E-state index is 13.0. The number of ether oxygens (including phenoxy) is 1. The normalized spacial score (nSPS) is 19.2. The summed E-state index contributed by atoms with van der Waals surface area (Å²) in [7, 11) is 1.74. The molecule has 0 aromatic heterocycles. The molecule has 2 aromatic carbocycles. The highest BCUT2D eigenvalue weighted by molar-refractivity contribution is 5.95. The Morgan fingerprint density at radius 2 is 1.79 bits per heavy atom. The molecule has 0 radical (unpaired) electrons. The Bertz CT molecular complexity index is 849. The number of anilines is 1. The van der Waals surface area contributed by atoms with Gasteiger partial charge in [-0.25, -0.2) is 4.79 Å². The van der Waals surface area contributed by atoms with Gasteiger partial charge in [0.25, 0.3) is 0 Å². The van der Waals surface area contributed by atoms with Crippen molar-refractivity contribution in [2.75, 3.05) is 19.0 Å². The molecule has 28 heavy (non-hydrogen) atoms. The summed E-state index contributed by atoms with van der Waals surface area (Å²) in [6.45, 7) is 2.06. The fraction of sp³-hybridized carbons (Fsp3) is 0.318. The van der Waals surface area contributed by atoms with E-state index >= 15 is 0 Å². The van der Waals surface area contributed by atoms with Gasteiger partial charge in [0.2, 0.25) is 11.8 Å². The van der Waals surface area contributed by atoms with Crippen LogP contribution in [0.15, 0.2) is 54.6 Å². The number of carbonyl (C=O) groups is 3. The molecule has 6 nitrogen and oxygen atoms in total. The maximum absolute atomic E-state index is 13.0. The summed E-state index contributed by atoms with van der Waals surface area (Å²) >= 11 is 0. The molecular formula is C22H24N2O4. The van der Waals surface area contributed by atoms with Crippen LogP contribution in [0.5, 0.6) is 0 Å². The molecule has 2 aromatic rings. The predicted octanol–water partition coefficient (Wildman–Crippen LogP) is 3.41. The molecule has 1 saturated heterocycles. The minimum absolute atomic E-state index is 0.0386. The molecule has 0 saturated carbocycles. The summed E-state index contributed by atoms with van der Waals surface area (Å²) in [4.78, 5) is 38.6. The van der Waals surface area contributed by atoms with Crippen LogP contribution >= 0.6 is 0 Å². The van der Waals surface area contributed by atoms with Crippen LogP contribution in [0.25, 0.3) is 0 Å². The highest BCUT2D eigenvalue weighted by atomic mass is 16.5. The second kappa shape index (κ2) is 8.69. The Kier molecular flexibility index (Phi) is 6.09. The molecule has 6 heteroatoms. The molecule has 0 bridgehead atoms. The van der Waals surface area contributed by atoms with Gasteiger partial charge in [0, 0.05) is 19.2 Å². The third kappa shape index (κ3) is 4.22. The first-order valence-corrected chi connectivity index (χ1v) is 9.40. The number of rotatable bonds is 5. The van der Waals surface area contributed by atoms with Gasteiger partial charge in [0.1, 0.15) is 0 Å². The van der Waals surface area contributed by atoms with Crippen molar-refractivity contribution in [2.45, 2.75) is 25.8 Å². The number of esters is 1. The summed E-state index contributed by atoms with van der Waals surface area (Å²) < 4.78 is 4.97. The van der Waals surface area contributed by atoms with Crippen LogP contribution in [-0.4, -0.2) is 36.3 Å². The zero-order chi connectivity index (χ0) is 20.1. The van der Waals surface area contributed by atoms with Crippen molar-refractivity contribution in [3.05, 3.63) is 65.7 Å². The van der Waals surface area contributed by atoms with E-state index < -0.39 is 5.97 Å². The van der Waals surface area contributed by atoms with Gasteiger partial charge in [0.15, 0.2) is 0 Å². The lowest BCUT2D eigenvalue weighted by atomic mass is 9.84. The number of piperidine rings is 1. The number of benzene rings is 2. The standard InChI is InChI=1S/C22H24N2O4/c1-3-28-22(27)16-9-11-17(12-10-16)23-21(26)18-13-14-19(25)24(2)20(18)15-7-5-4-6-8-15/h4-12,18,20H,3,13-14H2,1-2H3,(H,23,26)/t18-,20-/m1/s1. The summed E-state index contributed by atoms with van der Waals surface area (Å²) in [5, 5.41) is 2.92. The zero-order valence-corrected chi connectivity index (χ0v) is 16.1. The van der Waals surface area contributed by atoms with Crippen LogP contribution < -0.4 is 5.32 Å². The van der Waals surface area contributed by atoms with E-state index in [1.165, 1.54) is 0 Å². The molecule has 0 unspecified atom stereocenters. The molecule has 1 fully saturated rings. The van der Waals surface area contributed by atoms with Crippen molar-refractivity contribution in [3.63, 3.8) is 0 Å². The Morgan fingerprint density at radius 3 is 2.43 bits per heavy atom. The minimum atomic E-state index is -0.392. The molecule has 2 amide bonds. The third-order valence-corrected chi connectivity index (χ3v) is 5.00. The third-order valence-electron chi connectivity index (χ3n) is 5.00. The van der Waals surface area contributed by atoms with Crippen LogP contribution in [-0.2, 0) is 14.3 Å². The van der Waals surface area contributed by atoms with E-state index in [4.69, 9.17) is 4.74 Å². The van der Waals surface area contributed by atoms with Gasteiger partial charge in [0.05, 0.1) is 24.1 Å². The van der Waals surface area contributed by atoms with E-state index in [0.717, 1.165) is 5.56 Å². The van der Waals surface area contributed by atoms with Crippen molar-refractivity contribution >= 4 is 23.5 Å². The largest absolute Gasteiger partial charge is 0.462 e. The van der Waals surface area contributed by atoms with Crippen molar-refractivity contribution in [3.8, 4) is 0 Å². The van der Waals surface area contributed by atoms with Gasteiger partial charge in [-0.2, -0.15) is 0 Å². The summed E-state index contributed by atoms with van der Waals surface area (Å²) in [6, 6.07) is 15.9. The molecule has 0 spiro atoms. The van der Waals surface area contributed by atoms with Crippen LogP contribution in [0.1, 0.15) is 41.7 Å². The Labute approximate surface area is 164 Å². The Balaban J connectivity index is 1.76. The number of likely N-dealkylation sites (tertiary alicyclic amines) is 1. The van der Waals surface area contributed by atoms with Crippen LogP contribution in [0.3, 0.4) is 0 Å². The highest BCUT2D eigenvalue weighted by Crippen LogP contribution is 2.36. The van der Waals surface area contributed by atoms with E-state index in [-0.39, 0.29) is 23.8 Å². The first-order valence-electron chi connectivity index (χ1n) is 9.40. The lowest BCUT2D eigenvalue weighted by Crippen LogP contribution is -2.44. The summed E-state index contributed by atoms with van der Waals surface area (Å²) in [5.74, 6) is -0.847. The van der Waals surface area contributed by atoms with E-state index in [2.05, 4.69) is 5.32 Å². The lowest BCUT2D eigenvalue weighted by Gasteiger charge is -2.38. The number of carbonyl (C=O) groups excluding carboxylic acids is 3. The number of hydrogen-bond donors (Lipinski definition) is 1. The molecule has 3 rings (SSSR count). The Hall–Kier alpha value is -3.15. The average Bonchev–Trinajstić information content (AvgIpc) is 2.71. The number of hydrogen-bond acceptors (Lipinski definition) is 4. The van der Waals surface area contributed by atoms with E-state index in [1.54, 1.807) is 43.1 Å². The molecule has 1 N–H and O–H groups in total. The van der Waals surface area contributed by atoms with Crippen molar-refractivity contribution in [1.82, 2.24) is 4.90 Å². The molecule has 2 atom stereocenters. The van der Waals surface area contributed by atoms with Gasteiger partial charge < -0.3 is 15.0 Å². The van der Waals surface area contributed by atoms with Gasteiger partial charge in [-0.15, -0.1) is 0 Å². The molecular weight excluding hydrogens is 356 g/mol. The number of amides is 2. The van der Waals surface area contributed by atoms with Crippen molar-refractivity contribution in [2.24, 2.45) is 5.92 Å². The van der Waals surface area contributed by atoms with E-state index in [9.17, 15) is 14.4 Å². The average molecular weight is 380 g/mol. The molecule has 1 aliphatic rings. The first-order chi connectivity index (χ1) is 13.5. The van der Waals surface area contributed by atoms with Crippen LogP contribution in [0.4, 0.5) is 5.69 Å². The SMILES string of the molecule is CCOC(=O)c1ccc(NC(=O)[C@@H]2CCC(=O)N(C)[C@@H]2c2ccccc2)cc1. The Morgan fingerprint density at radius 1 is 1.11 bits per heavy atom. The van der Waals surface area contributed by atoms with Gasteiger partial charge in [-0.3, -0.25) is 9.59 Å². The number of nitrogens with zero attached hydrogens (tertiary/aromatic N) is 1. The molecule has 1 aliphatic heterocycles. The van der Waals surface area contributed by atoms with Crippen molar-refractivity contribution < 1.29 is 19.1 Å². The monoisotopic (exact) mass is 380 g/mol. The quantitative estimate of drug-likeness (QED) is 0.807. The second-order valence-corrected chi connectivity index (χ2v) is 6.79. The minimum Gasteiger partial charge on any atom is -0.462 e. The van der Waals surface area contributed by atoms with E-state index in [1.807, 2.05) is 30.3 Å². The molecule has 1 heterocycles. The summed E-state index contributed by atoms with van der Waals surface area (Å²) in [5.41, 5.74) is 1.98. The van der Waals surface area contributed by atoms with Gasteiger partial charge in [-0.05, 0) is 43.2 Å². The van der Waals surface area contributed by atoms with Gasteiger partial charge in [-0.1, -0.05) is 30.3 Å². The topological polar surface area (TPSA) is 75.7 Å². The highest BCUT2D eigenvalue weighted by Gasteiger charge is 2.38. The predicted molar refractivity (Wildman–Crippen MR) is 106 cm³/mol. The lowest BCUT2D eigenvalue weighted by molar-refractivity contribution is -0.140. The number of nitrogens with one attached hydrogen (secondary N) is 1. The molecule has 146 valence electrons. The first kappa shape index (κ1) is 19.6. The zero-order valence-electron chi connectivity index (χ0n) is 16.1. The molecule has 0 aliphatic carbocycles. The van der Waals surface area contributed by atoms with Crippen LogP contribution in [0, 0.1) is 5.92 Å². The second-order valence-electron chi connectivity index (χ2n) is 6.79. The maximum Gasteiger partial charge on any atom is 0.338 e. The fourth-order valence-electron chi connectivity index (χ4n) is 3.56. The smallest absolute Gasteiger partial charge is 0.338 e. The fourth-order valence-corrected chi connectivity index (χ4v) is 3.56. The van der Waals surface area contributed by atoms with Gasteiger partial charge >= 0.3 is 5.97 Å². The van der Waals surface area contributed by atoms with Crippen molar-refractivity contribution in [1.29, 1.82) is 0 Å². The van der Waals surface area contributed by atoms with E-state index in [0.29, 0.717) is 30.7 Å². The summed E-state index contributed by atoms with van der Waals surface area (Å²) in [6.07, 6.45) is 0.842.